The lowest BCUT2D eigenvalue weighted by Crippen LogP contribution is -2.44. The Kier molecular flexibility index (Phi) is 7.95. The molecule has 3 N–H and O–H groups in total. The van der Waals surface area contributed by atoms with Gasteiger partial charge in [-0.3, -0.25) is 4.79 Å². The van der Waals surface area contributed by atoms with Gasteiger partial charge in [0.25, 0.3) is 0 Å². The second-order valence-electron chi connectivity index (χ2n) is 9.11. The van der Waals surface area contributed by atoms with Crippen molar-refractivity contribution in [3.8, 4) is 23.0 Å². The van der Waals surface area contributed by atoms with Crippen LogP contribution in [0.25, 0.3) is 11.1 Å². The average molecular weight is 463 g/mol. The SMILES string of the molecule is CC#CCC(NC(=O)CC(C)(C)CNC(=O)OCC1c2ccccc2-c2ccccc21)C(=O)O. The Morgan fingerprint density at radius 2 is 1.65 bits per heavy atom. The van der Waals surface area contributed by atoms with Crippen LogP contribution in [-0.2, 0) is 14.3 Å². The van der Waals surface area contributed by atoms with E-state index < -0.39 is 29.4 Å². The first-order valence-corrected chi connectivity index (χ1v) is 11.2. The number of carboxylic acid groups (broad SMARTS) is 1. The summed E-state index contributed by atoms with van der Waals surface area (Å²) in [6, 6.07) is 15.2. The number of ether oxygens (including phenoxy) is 1. The van der Waals surface area contributed by atoms with E-state index >= 15 is 0 Å². The van der Waals surface area contributed by atoms with Crippen LogP contribution in [0.15, 0.2) is 48.5 Å². The van der Waals surface area contributed by atoms with Crippen molar-refractivity contribution in [2.45, 2.75) is 45.6 Å². The lowest BCUT2D eigenvalue weighted by molar-refractivity contribution is -0.142. The summed E-state index contributed by atoms with van der Waals surface area (Å²) in [7, 11) is 0. The number of rotatable bonds is 9. The molecule has 1 aliphatic rings. The number of aliphatic carboxylic acids is 1. The molecule has 3 rings (SSSR count). The van der Waals surface area contributed by atoms with Gasteiger partial charge in [-0.1, -0.05) is 62.4 Å². The fourth-order valence-electron chi connectivity index (χ4n) is 4.11. The Morgan fingerprint density at radius 1 is 1.06 bits per heavy atom. The second-order valence-corrected chi connectivity index (χ2v) is 9.11. The summed E-state index contributed by atoms with van der Waals surface area (Å²) in [4.78, 5) is 36.1. The van der Waals surface area contributed by atoms with E-state index in [2.05, 4.69) is 46.7 Å². The number of benzene rings is 2. The van der Waals surface area contributed by atoms with Gasteiger partial charge >= 0.3 is 12.1 Å². The third-order valence-electron chi connectivity index (χ3n) is 5.81. The predicted octanol–water partition coefficient (Wildman–Crippen LogP) is 3.92. The summed E-state index contributed by atoms with van der Waals surface area (Å²) in [5, 5.41) is 14.5. The highest BCUT2D eigenvalue weighted by atomic mass is 16.5. The first kappa shape index (κ1) is 24.8. The van der Waals surface area contributed by atoms with Gasteiger partial charge in [0.1, 0.15) is 12.6 Å². The molecule has 2 aromatic rings. The molecule has 7 heteroatoms. The monoisotopic (exact) mass is 462 g/mol. The van der Waals surface area contributed by atoms with E-state index in [0.29, 0.717) is 0 Å². The Labute approximate surface area is 199 Å². The smallest absolute Gasteiger partial charge is 0.407 e. The zero-order valence-electron chi connectivity index (χ0n) is 19.7. The molecule has 0 heterocycles. The van der Waals surface area contributed by atoms with Crippen molar-refractivity contribution >= 4 is 18.0 Å². The maximum absolute atomic E-state index is 12.4. The molecule has 34 heavy (non-hydrogen) atoms. The molecule has 0 bridgehead atoms. The summed E-state index contributed by atoms with van der Waals surface area (Å²) in [5.74, 6) is 3.72. The number of amides is 2. The Hall–Kier alpha value is -3.79. The molecule has 2 amide bonds. The Bertz CT molecular complexity index is 1080. The van der Waals surface area contributed by atoms with Crippen molar-refractivity contribution < 1.29 is 24.2 Å². The van der Waals surface area contributed by atoms with Gasteiger partial charge in [0.2, 0.25) is 5.91 Å². The van der Waals surface area contributed by atoms with Gasteiger partial charge < -0.3 is 20.5 Å². The lowest BCUT2D eigenvalue weighted by Gasteiger charge is -2.25. The molecule has 0 radical (unpaired) electrons. The number of hydrogen-bond acceptors (Lipinski definition) is 4. The van der Waals surface area contributed by atoms with Gasteiger partial charge in [0.05, 0.1) is 0 Å². The van der Waals surface area contributed by atoms with Gasteiger partial charge in [-0.05, 0) is 34.6 Å². The van der Waals surface area contributed by atoms with Crippen molar-refractivity contribution in [1.82, 2.24) is 10.6 Å². The summed E-state index contributed by atoms with van der Waals surface area (Å²) < 4.78 is 5.54. The van der Waals surface area contributed by atoms with Crippen molar-refractivity contribution in [1.29, 1.82) is 0 Å². The molecular weight excluding hydrogens is 432 g/mol. The van der Waals surface area contributed by atoms with Crippen LogP contribution in [0.1, 0.15) is 50.7 Å². The van der Waals surface area contributed by atoms with E-state index in [9.17, 15) is 19.5 Å². The van der Waals surface area contributed by atoms with Crippen molar-refractivity contribution in [2.24, 2.45) is 5.41 Å². The topological polar surface area (TPSA) is 105 Å². The number of fused-ring (bicyclic) bond motifs is 3. The third kappa shape index (κ3) is 6.16. The molecule has 2 aromatic carbocycles. The Balaban J connectivity index is 1.51. The molecular formula is C27H30N2O5. The van der Waals surface area contributed by atoms with Crippen molar-refractivity contribution in [3.05, 3.63) is 59.7 Å². The van der Waals surface area contributed by atoms with Crippen molar-refractivity contribution in [3.63, 3.8) is 0 Å². The quantitative estimate of drug-likeness (QED) is 0.490. The standard InChI is InChI=1S/C27H30N2O5/c1-4-5-14-23(25(31)32)29-24(30)15-27(2,3)17-28-26(33)34-16-22-20-12-8-6-10-18(20)19-11-7-9-13-21(19)22/h6-13,22-23H,14-17H2,1-3H3,(H,28,33)(H,29,30)(H,31,32). The van der Waals surface area contributed by atoms with Crippen LogP contribution >= 0.6 is 0 Å². The molecule has 1 unspecified atom stereocenters. The molecule has 0 aromatic heterocycles. The number of nitrogens with one attached hydrogen (secondary N) is 2. The van der Waals surface area contributed by atoms with E-state index in [1.54, 1.807) is 6.92 Å². The lowest BCUT2D eigenvalue weighted by atomic mass is 9.88. The fourth-order valence-corrected chi connectivity index (χ4v) is 4.11. The molecule has 178 valence electrons. The summed E-state index contributed by atoms with van der Waals surface area (Å²) >= 11 is 0. The zero-order valence-corrected chi connectivity index (χ0v) is 19.7. The van der Waals surface area contributed by atoms with E-state index in [4.69, 9.17) is 4.74 Å². The van der Waals surface area contributed by atoms with E-state index in [1.165, 1.54) is 0 Å². The van der Waals surface area contributed by atoms with Gasteiger partial charge in [0, 0.05) is 25.3 Å². The van der Waals surface area contributed by atoms with Crippen LogP contribution in [-0.4, -0.2) is 42.3 Å². The zero-order chi connectivity index (χ0) is 24.7. The van der Waals surface area contributed by atoms with E-state index in [1.807, 2.05) is 38.1 Å². The van der Waals surface area contributed by atoms with Gasteiger partial charge in [-0.25, -0.2) is 9.59 Å². The minimum Gasteiger partial charge on any atom is -0.480 e. The average Bonchev–Trinajstić information content (AvgIpc) is 3.12. The number of carboxylic acids is 1. The van der Waals surface area contributed by atoms with Gasteiger partial charge in [-0.15, -0.1) is 11.8 Å². The minimum absolute atomic E-state index is 0.0314. The van der Waals surface area contributed by atoms with Crippen LogP contribution in [0.3, 0.4) is 0 Å². The maximum Gasteiger partial charge on any atom is 0.407 e. The summed E-state index contributed by atoms with van der Waals surface area (Å²) in [5.41, 5.74) is 3.98. The number of carbonyl (C=O) groups excluding carboxylic acids is 2. The van der Waals surface area contributed by atoms with Crippen LogP contribution in [0.4, 0.5) is 4.79 Å². The van der Waals surface area contributed by atoms with Crippen LogP contribution in [0.2, 0.25) is 0 Å². The van der Waals surface area contributed by atoms with Crippen LogP contribution < -0.4 is 10.6 Å². The highest BCUT2D eigenvalue weighted by Crippen LogP contribution is 2.44. The molecule has 7 nitrogen and oxygen atoms in total. The van der Waals surface area contributed by atoms with Crippen molar-refractivity contribution in [2.75, 3.05) is 13.2 Å². The number of carbonyl (C=O) groups is 3. The predicted molar refractivity (Wildman–Crippen MR) is 129 cm³/mol. The fraction of sp³-hybridized carbons (Fsp3) is 0.370. The summed E-state index contributed by atoms with van der Waals surface area (Å²) in [6.07, 6.45) is -0.479. The van der Waals surface area contributed by atoms with E-state index in [0.717, 1.165) is 22.3 Å². The van der Waals surface area contributed by atoms with Gasteiger partial charge in [-0.2, -0.15) is 0 Å². The first-order chi connectivity index (χ1) is 16.2. The summed E-state index contributed by atoms with van der Waals surface area (Å²) in [6.45, 7) is 5.65. The maximum atomic E-state index is 12.4. The van der Waals surface area contributed by atoms with E-state index in [-0.39, 0.29) is 31.9 Å². The largest absolute Gasteiger partial charge is 0.480 e. The molecule has 0 saturated carbocycles. The molecule has 0 saturated heterocycles. The van der Waals surface area contributed by atoms with Crippen LogP contribution in [0, 0.1) is 17.3 Å². The highest BCUT2D eigenvalue weighted by Gasteiger charge is 2.30. The molecule has 0 aliphatic heterocycles. The van der Waals surface area contributed by atoms with Crippen LogP contribution in [0.5, 0.6) is 0 Å². The normalized spacial score (nSPS) is 13.0. The number of hydrogen-bond donors (Lipinski definition) is 3. The second kappa shape index (κ2) is 10.9. The minimum atomic E-state index is -1.13. The molecule has 0 spiro atoms. The Morgan fingerprint density at radius 3 is 2.21 bits per heavy atom. The molecule has 0 fully saturated rings. The molecule has 1 atom stereocenters. The third-order valence-corrected chi connectivity index (χ3v) is 5.81. The molecule has 1 aliphatic carbocycles. The highest BCUT2D eigenvalue weighted by molar-refractivity contribution is 5.84. The van der Waals surface area contributed by atoms with Gasteiger partial charge in [0.15, 0.2) is 0 Å². The first-order valence-electron chi connectivity index (χ1n) is 11.2. The number of alkyl carbamates (subject to hydrolysis) is 1.